The number of rotatable bonds is 32. The number of carbonyl (C=O) groups is 4. The van der Waals surface area contributed by atoms with Crippen molar-refractivity contribution in [1.82, 2.24) is 14.7 Å². The van der Waals surface area contributed by atoms with E-state index in [-0.39, 0.29) is 61.2 Å². The summed E-state index contributed by atoms with van der Waals surface area (Å²) >= 11 is 0. The fourth-order valence-electron chi connectivity index (χ4n) is 5.40. The van der Waals surface area contributed by atoms with Crippen LogP contribution in [0.2, 0.25) is 0 Å². The molecule has 53 heavy (non-hydrogen) atoms. The minimum Gasteiger partial charge on any atom is -0.548 e. The summed E-state index contributed by atoms with van der Waals surface area (Å²) in [5.74, 6) is -2.32. The maximum Gasteiger partial charge on any atom is 1.00 e. The van der Waals surface area contributed by atoms with Crippen LogP contribution in [0, 0.1) is 0 Å². The summed E-state index contributed by atoms with van der Waals surface area (Å²) in [5.41, 5.74) is 0. The molecule has 0 saturated heterocycles. The number of unbranched alkanes of at least 4 members (excludes halogenated alkanes) is 18. The third-order valence-corrected chi connectivity index (χ3v) is 9.38. The summed E-state index contributed by atoms with van der Waals surface area (Å²) in [4.78, 5) is 49.4. The largest absolute Gasteiger partial charge is 1.00 e. The van der Waals surface area contributed by atoms with Gasteiger partial charge in [-0.25, -0.2) is 4.79 Å². The van der Waals surface area contributed by atoms with E-state index < -0.39 is 24.0 Å². The van der Waals surface area contributed by atoms with Gasteiger partial charge in [0.1, 0.15) is 6.04 Å². The number of aliphatic hydroxyl groups is 3. The molecule has 12 nitrogen and oxygen atoms in total. The fraction of sp³-hybridized carbons (Fsp3) is 0.900. The van der Waals surface area contributed by atoms with E-state index in [0.29, 0.717) is 32.5 Å². The Labute approximate surface area is 345 Å². The average Bonchev–Trinajstić information content (AvgIpc) is 3.12. The van der Waals surface area contributed by atoms with E-state index in [4.69, 9.17) is 20.4 Å². The minimum atomic E-state index is -1.20. The molecular weight excluding hydrogens is 689 g/mol. The number of carboxylic acids is 2. The second-order valence-electron chi connectivity index (χ2n) is 13.9. The standard InChI is InChI=1S/C18H35NO3.C16H31NO3.C6H15NO3.Na/c1-4-5-6-7-8-9-10-11-12-13-14-15-17(20)19(3)16(2)18(21)22;1-4-5-6-7-8-9-10-11-12-13-15(18)17(3)14(2)16(19)20;8-4-1-7(2-5-9)3-6-10;/h16H,4-15H2,1-3H3,(H,21,22);14H,4-13H2,1-3H3,(H,19,20);8-10H,1-6H2;/q;;;+1/p-1/t16-;14-;;/m00../s1. The normalized spacial score (nSPS) is 11.7. The third-order valence-electron chi connectivity index (χ3n) is 9.38. The molecule has 0 aliphatic rings. The second-order valence-corrected chi connectivity index (χ2v) is 13.9. The van der Waals surface area contributed by atoms with Gasteiger partial charge in [0.2, 0.25) is 11.8 Å². The van der Waals surface area contributed by atoms with E-state index in [9.17, 15) is 24.3 Å². The molecule has 0 fully saturated rings. The first kappa shape index (κ1) is 58.4. The van der Waals surface area contributed by atoms with Crippen molar-refractivity contribution in [2.75, 3.05) is 53.6 Å². The van der Waals surface area contributed by atoms with Crippen LogP contribution in [0.4, 0.5) is 0 Å². The van der Waals surface area contributed by atoms with Gasteiger partial charge in [-0.3, -0.25) is 14.5 Å². The molecule has 0 aromatic rings. The van der Waals surface area contributed by atoms with Crippen molar-refractivity contribution in [2.45, 2.75) is 181 Å². The van der Waals surface area contributed by atoms with Gasteiger partial charge in [0, 0.05) is 46.6 Å². The molecule has 0 aromatic carbocycles. The molecule has 0 aliphatic carbocycles. The molecule has 0 spiro atoms. The smallest absolute Gasteiger partial charge is 0.548 e. The monoisotopic (exact) mass is 770 g/mol. The van der Waals surface area contributed by atoms with Gasteiger partial charge in [-0.1, -0.05) is 129 Å². The molecule has 4 N–H and O–H groups in total. The summed E-state index contributed by atoms with van der Waals surface area (Å²) in [7, 11) is 3.09. The van der Waals surface area contributed by atoms with E-state index >= 15 is 0 Å². The number of amides is 2. The number of carbonyl (C=O) groups excluding carboxylic acids is 3. The Balaban J connectivity index is -0.000000358. The van der Waals surface area contributed by atoms with Gasteiger partial charge in [-0.2, -0.15) is 0 Å². The first-order chi connectivity index (χ1) is 24.9. The Kier molecular flexibility index (Phi) is 47.9. The molecule has 0 unspecified atom stereocenters. The van der Waals surface area contributed by atoms with Crippen molar-refractivity contribution < 1.29 is 74.3 Å². The van der Waals surface area contributed by atoms with Gasteiger partial charge in [0.05, 0.1) is 31.8 Å². The quantitative estimate of drug-likeness (QED) is 0.0586. The van der Waals surface area contributed by atoms with Crippen LogP contribution >= 0.6 is 0 Å². The van der Waals surface area contributed by atoms with Crippen LogP contribution < -0.4 is 34.7 Å². The van der Waals surface area contributed by atoms with Gasteiger partial charge in [-0.05, 0) is 26.7 Å². The molecule has 0 aromatic heterocycles. The molecule has 310 valence electrons. The first-order valence-electron chi connectivity index (χ1n) is 20.4. The Morgan fingerprint density at radius 2 is 0.774 bits per heavy atom. The molecule has 0 saturated carbocycles. The minimum absolute atomic E-state index is 0. The molecule has 0 bridgehead atoms. The first-order valence-corrected chi connectivity index (χ1v) is 20.4. The SMILES string of the molecule is CCCCCCCCCCCC(=O)N(C)[C@@H](C)C(=O)O.CCCCCCCCCCCCCC(=O)N(C)[C@@H](C)C(=O)[O-].OCCN(CCO)CCO.[Na+]. The second kappa shape index (κ2) is 43.4. The van der Waals surface area contributed by atoms with Gasteiger partial charge < -0.3 is 40.1 Å². The third kappa shape index (κ3) is 38.8. The Morgan fingerprint density at radius 1 is 0.509 bits per heavy atom. The maximum absolute atomic E-state index is 11.8. The molecule has 0 aliphatic heterocycles. The zero-order valence-electron chi connectivity index (χ0n) is 35.1. The predicted octanol–water partition coefficient (Wildman–Crippen LogP) is 2.39. The van der Waals surface area contributed by atoms with Crippen LogP contribution in [-0.4, -0.2) is 125 Å². The van der Waals surface area contributed by atoms with Crippen molar-refractivity contribution in [1.29, 1.82) is 0 Å². The number of hydrogen-bond acceptors (Lipinski definition) is 9. The number of carboxylic acid groups (broad SMARTS) is 2. The zero-order valence-corrected chi connectivity index (χ0v) is 37.1. The summed E-state index contributed by atoms with van der Waals surface area (Å²) < 4.78 is 0. The van der Waals surface area contributed by atoms with Crippen LogP contribution in [0.3, 0.4) is 0 Å². The maximum atomic E-state index is 11.8. The Bertz CT molecular complexity index is 840. The van der Waals surface area contributed by atoms with Crippen molar-refractivity contribution in [3.8, 4) is 0 Å². The van der Waals surface area contributed by atoms with Crippen LogP contribution in [-0.2, 0) is 19.2 Å². The Hall–Kier alpha value is -1.28. The summed E-state index contributed by atoms with van der Waals surface area (Å²) in [5, 5.41) is 45.0. The fourth-order valence-corrected chi connectivity index (χ4v) is 5.40. The van der Waals surface area contributed by atoms with Crippen molar-refractivity contribution >= 4 is 23.8 Å². The average molecular weight is 770 g/mol. The topological polar surface area (TPSA) is 182 Å². The number of likely N-dealkylation sites (N-methyl/N-ethyl adjacent to an activating group) is 2. The predicted molar refractivity (Wildman–Crippen MR) is 208 cm³/mol. The molecule has 13 heteroatoms. The molecule has 0 rings (SSSR count). The number of aliphatic hydroxyl groups excluding tert-OH is 3. The number of hydrogen-bond donors (Lipinski definition) is 4. The summed E-state index contributed by atoms with van der Waals surface area (Å²) in [6.07, 6.45) is 25.5. The molecule has 0 radical (unpaired) electrons. The van der Waals surface area contributed by atoms with Crippen molar-refractivity contribution in [3.05, 3.63) is 0 Å². The molecule has 2 amide bonds. The van der Waals surface area contributed by atoms with Gasteiger partial charge in [0.25, 0.3) is 0 Å². The van der Waals surface area contributed by atoms with Crippen molar-refractivity contribution in [2.24, 2.45) is 0 Å². The van der Waals surface area contributed by atoms with Gasteiger partial charge in [0.15, 0.2) is 0 Å². The van der Waals surface area contributed by atoms with Crippen LogP contribution in [0.5, 0.6) is 0 Å². The van der Waals surface area contributed by atoms with E-state index in [2.05, 4.69) is 13.8 Å². The number of nitrogens with zero attached hydrogens (tertiary/aromatic N) is 3. The number of aliphatic carboxylic acids is 2. The van der Waals surface area contributed by atoms with E-state index in [1.54, 1.807) is 11.9 Å². The van der Waals surface area contributed by atoms with Crippen LogP contribution in [0.15, 0.2) is 0 Å². The van der Waals surface area contributed by atoms with E-state index in [1.165, 1.54) is 133 Å². The van der Waals surface area contributed by atoms with Crippen LogP contribution in [0.25, 0.3) is 0 Å². The van der Waals surface area contributed by atoms with E-state index in [0.717, 1.165) is 25.7 Å². The summed E-state index contributed by atoms with van der Waals surface area (Å²) in [6, 6.07) is -1.58. The Morgan fingerprint density at radius 3 is 1.02 bits per heavy atom. The summed E-state index contributed by atoms with van der Waals surface area (Å²) in [6.45, 7) is 9.23. The molecule has 0 heterocycles. The molecular formula is C40H80N3NaO9. The van der Waals surface area contributed by atoms with Crippen molar-refractivity contribution in [3.63, 3.8) is 0 Å². The van der Waals surface area contributed by atoms with Crippen LogP contribution in [0.1, 0.15) is 169 Å². The van der Waals surface area contributed by atoms with Gasteiger partial charge >= 0.3 is 35.5 Å². The zero-order chi connectivity index (χ0) is 40.0. The van der Waals surface area contributed by atoms with Gasteiger partial charge in [-0.15, -0.1) is 0 Å². The van der Waals surface area contributed by atoms with E-state index in [1.807, 2.05) is 0 Å². The molecule has 2 atom stereocenters.